The highest BCUT2D eigenvalue weighted by Gasteiger charge is 2.26. The van der Waals surface area contributed by atoms with E-state index >= 15 is 0 Å². The molecule has 2 aliphatic rings. The van der Waals surface area contributed by atoms with Crippen molar-refractivity contribution < 1.29 is 0 Å². The maximum absolute atomic E-state index is 2.48. The Bertz CT molecular complexity index is 224. The molecule has 0 heterocycles. The van der Waals surface area contributed by atoms with Gasteiger partial charge in [0, 0.05) is 0 Å². The Kier molecular flexibility index (Phi) is 5.57. The van der Waals surface area contributed by atoms with Gasteiger partial charge in [-0.05, 0) is 36.0 Å². The minimum Gasteiger partial charge on any atom is -0.0651 e. The smallest absolute Gasteiger partial charge is 0.0411 e. The van der Waals surface area contributed by atoms with E-state index in [-0.39, 0.29) is 0 Å². The predicted molar refractivity (Wildman–Crippen MR) is 80.6 cm³/mol. The van der Waals surface area contributed by atoms with E-state index in [0.29, 0.717) is 0 Å². The maximum Gasteiger partial charge on any atom is -0.0411 e. The molecule has 0 spiro atoms. The van der Waals surface area contributed by atoms with Gasteiger partial charge in [0.2, 0.25) is 0 Å². The van der Waals surface area contributed by atoms with Crippen molar-refractivity contribution in [2.75, 3.05) is 0 Å². The third-order valence-electron chi connectivity index (χ3n) is 6.23. The fourth-order valence-electron chi connectivity index (χ4n) is 4.32. The first kappa shape index (κ1) is 14.4. The molecule has 0 aromatic rings. The minimum absolute atomic E-state index is 0.986. The first-order chi connectivity index (χ1) is 8.69. The molecule has 0 amide bonds. The highest BCUT2D eigenvalue weighted by Crippen LogP contribution is 2.38. The average Bonchev–Trinajstić information content (AvgIpc) is 2.41. The number of rotatable bonds is 4. The normalized spacial score (nSPS) is 41.8. The Morgan fingerprint density at radius 3 is 1.83 bits per heavy atom. The van der Waals surface area contributed by atoms with Gasteiger partial charge in [-0.3, -0.25) is 0 Å². The van der Waals surface area contributed by atoms with Crippen LogP contribution in [0.3, 0.4) is 0 Å². The SMILES string of the molecule is CCC1CCC(CCC2CCC(C)C(C)C2)CC1. The van der Waals surface area contributed by atoms with Crippen LogP contribution < -0.4 is 0 Å². The molecule has 2 rings (SSSR count). The van der Waals surface area contributed by atoms with Crippen molar-refractivity contribution in [2.45, 2.75) is 85.0 Å². The van der Waals surface area contributed by atoms with Crippen molar-refractivity contribution in [2.24, 2.45) is 29.6 Å². The molecule has 0 bridgehead atoms. The van der Waals surface area contributed by atoms with Crippen molar-refractivity contribution in [3.63, 3.8) is 0 Å². The van der Waals surface area contributed by atoms with Gasteiger partial charge in [0.1, 0.15) is 0 Å². The molecule has 0 aliphatic heterocycles. The van der Waals surface area contributed by atoms with Gasteiger partial charge in [-0.1, -0.05) is 78.6 Å². The van der Waals surface area contributed by atoms with E-state index in [9.17, 15) is 0 Å². The van der Waals surface area contributed by atoms with Gasteiger partial charge in [0.05, 0.1) is 0 Å². The summed E-state index contributed by atoms with van der Waals surface area (Å²) in [5.41, 5.74) is 0. The predicted octanol–water partition coefficient (Wildman–Crippen LogP) is 6.06. The van der Waals surface area contributed by atoms with E-state index < -0.39 is 0 Å². The molecule has 0 aromatic carbocycles. The van der Waals surface area contributed by atoms with E-state index in [0.717, 1.165) is 29.6 Å². The van der Waals surface area contributed by atoms with Crippen LogP contribution in [0, 0.1) is 29.6 Å². The molecule has 3 unspecified atom stereocenters. The molecule has 2 saturated carbocycles. The lowest BCUT2D eigenvalue weighted by atomic mass is 9.72. The molecule has 2 fully saturated rings. The standard InChI is InChI=1S/C18H34/c1-4-16-7-9-17(10-8-16)11-12-18-6-5-14(2)15(3)13-18/h14-18H,4-13H2,1-3H3. The van der Waals surface area contributed by atoms with E-state index in [4.69, 9.17) is 0 Å². The van der Waals surface area contributed by atoms with Crippen LogP contribution in [0.1, 0.15) is 85.0 Å². The first-order valence-corrected chi connectivity index (χ1v) is 8.69. The van der Waals surface area contributed by atoms with E-state index in [1.165, 1.54) is 51.4 Å². The summed E-state index contributed by atoms with van der Waals surface area (Å²) in [6, 6.07) is 0. The highest BCUT2D eigenvalue weighted by molar-refractivity contribution is 4.78. The van der Waals surface area contributed by atoms with Crippen LogP contribution in [-0.2, 0) is 0 Å². The van der Waals surface area contributed by atoms with Crippen molar-refractivity contribution in [1.29, 1.82) is 0 Å². The van der Waals surface area contributed by atoms with E-state index in [2.05, 4.69) is 20.8 Å². The quantitative estimate of drug-likeness (QED) is 0.569. The Hall–Kier alpha value is 0. The second-order valence-electron chi connectivity index (χ2n) is 7.51. The monoisotopic (exact) mass is 250 g/mol. The summed E-state index contributed by atoms with van der Waals surface area (Å²) in [4.78, 5) is 0. The van der Waals surface area contributed by atoms with Gasteiger partial charge >= 0.3 is 0 Å². The Morgan fingerprint density at radius 1 is 0.667 bits per heavy atom. The number of hydrogen-bond acceptors (Lipinski definition) is 0. The Morgan fingerprint density at radius 2 is 1.22 bits per heavy atom. The largest absolute Gasteiger partial charge is 0.0651 e. The van der Waals surface area contributed by atoms with Crippen LogP contribution in [0.4, 0.5) is 0 Å². The Labute approximate surface area is 115 Å². The molecule has 0 nitrogen and oxygen atoms in total. The second-order valence-corrected chi connectivity index (χ2v) is 7.51. The lowest BCUT2D eigenvalue weighted by Crippen LogP contribution is -2.22. The molecular formula is C18H34. The van der Waals surface area contributed by atoms with Gasteiger partial charge in [0.25, 0.3) is 0 Å². The van der Waals surface area contributed by atoms with Crippen molar-refractivity contribution >= 4 is 0 Å². The van der Waals surface area contributed by atoms with Gasteiger partial charge in [-0.2, -0.15) is 0 Å². The summed E-state index contributed by atoms with van der Waals surface area (Å²) in [6.45, 7) is 7.30. The minimum atomic E-state index is 0.986. The van der Waals surface area contributed by atoms with Crippen LogP contribution in [0.15, 0.2) is 0 Å². The number of hydrogen-bond donors (Lipinski definition) is 0. The summed E-state index contributed by atoms with van der Waals surface area (Å²) >= 11 is 0. The lowest BCUT2D eigenvalue weighted by Gasteiger charge is -2.34. The summed E-state index contributed by atoms with van der Waals surface area (Å²) in [7, 11) is 0. The zero-order chi connectivity index (χ0) is 13.0. The summed E-state index contributed by atoms with van der Waals surface area (Å²) < 4.78 is 0. The zero-order valence-corrected chi connectivity index (χ0v) is 13.0. The third-order valence-corrected chi connectivity index (χ3v) is 6.23. The second kappa shape index (κ2) is 6.96. The molecule has 106 valence electrons. The molecule has 2 aliphatic carbocycles. The molecule has 3 atom stereocenters. The van der Waals surface area contributed by atoms with E-state index in [1.54, 1.807) is 12.8 Å². The first-order valence-electron chi connectivity index (χ1n) is 8.69. The maximum atomic E-state index is 2.48. The zero-order valence-electron chi connectivity index (χ0n) is 13.0. The van der Waals surface area contributed by atoms with Crippen LogP contribution in [-0.4, -0.2) is 0 Å². The molecular weight excluding hydrogens is 216 g/mol. The highest BCUT2D eigenvalue weighted by atomic mass is 14.3. The molecule has 0 heteroatoms. The van der Waals surface area contributed by atoms with Gasteiger partial charge in [0.15, 0.2) is 0 Å². The van der Waals surface area contributed by atoms with Crippen LogP contribution in [0.2, 0.25) is 0 Å². The molecule has 18 heavy (non-hydrogen) atoms. The average molecular weight is 250 g/mol. The fraction of sp³-hybridized carbons (Fsp3) is 1.00. The van der Waals surface area contributed by atoms with Crippen molar-refractivity contribution in [3.05, 3.63) is 0 Å². The summed E-state index contributed by atoms with van der Waals surface area (Å²) in [5, 5.41) is 0. The van der Waals surface area contributed by atoms with Crippen LogP contribution in [0.25, 0.3) is 0 Å². The molecule has 0 radical (unpaired) electrons. The van der Waals surface area contributed by atoms with Gasteiger partial charge in [-0.25, -0.2) is 0 Å². The van der Waals surface area contributed by atoms with Crippen LogP contribution in [0.5, 0.6) is 0 Å². The van der Waals surface area contributed by atoms with Crippen molar-refractivity contribution in [1.82, 2.24) is 0 Å². The van der Waals surface area contributed by atoms with Gasteiger partial charge in [-0.15, -0.1) is 0 Å². The molecule has 0 N–H and O–H groups in total. The van der Waals surface area contributed by atoms with Gasteiger partial charge < -0.3 is 0 Å². The Balaban J connectivity index is 1.63. The van der Waals surface area contributed by atoms with E-state index in [1.807, 2.05) is 0 Å². The lowest BCUT2D eigenvalue weighted by molar-refractivity contribution is 0.180. The topological polar surface area (TPSA) is 0 Å². The summed E-state index contributed by atoms with van der Waals surface area (Å²) in [5.74, 6) is 5.19. The molecule has 0 aromatic heterocycles. The molecule has 0 saturated heterocycles. The fourth-order valence-corrected chi connectivity index (χ4v) is 4.32. The summed E-state index contributed by atoms with van der Waals surface area (Å²) in [6.07, 6.45) is 15.2. The van der Waals surface area contributed by atoms with Crippen LogP contribution >= 0.6 is 0 Å². The van der Waals surface area contributed by atoms with Crippen molar-refractivity contribution in [3.8, 4) is 0 Å². The third kappa shape index (κ3) is 4.00.